The Morgan fingerprint density at radius 2 is 1.83 bits per heavy atom. The number of carbonyl (C=O) groups excluding carboxylic acids is 2. The normalized spacial score (nSPS) is 17.4. The highest BCUT2D eigenvalue weighted by Gasteiger charge is 2.36. The molecule has 0 saturated heterocycles. The van der Waals surface area contributed by atoms with Crippen LogP contribution in [0.5, 0.6) is 0 Å². The van der Waals surface area contributed by atoms with E-state index in [-0.39, 0.29) is 23.5 Å². The van der Waals surface area contributed by atoms with Gasteiger partial charge in [-0.05, 0) is 54.7 Å². The number of aryl methyl sites for hydroxylation is 1. The SMILES string of the molecule is O=C(Nc1nc2c(s1)CC[C@@H]2C(=O)N1CCc2ccccc2C1)c1ccc(F)cc1. The van der Waals surface area contributed by atoms with E-state index in [0.717, 1.165) is 36.4 Å². The Bertz CT molecular complexity index is 1130. The molecule has 1 N–H and O–H groups in total. The van der Waals surface area contributed by atoms with Gasteiger partial charge in [-0.2, -0.15) is 0 Å². The van der Waals surface area contributed by atoms with Gasteiger partial charge in [-0.1, -0.05) is 24.3 Å². The van der Waals surface area contributed by atoms with Gasteiger partial charge in [0.15, 0.2) is 5.13 Å². The summed E-state index contributed by atoms with van der Waals surface area (Å²) in [6.45, 7) is 1.36. The molecule has 2 aliphatic rings. The van der Waals surface area contributed by atoms with E-state index in [0.29, 0.717) is 17.2 Å². The van der Waals surface area contributed by atoms with Crippen LogP contribution in [0.15, 0.2) is 48.5 Å². The molecule has 2 amide bonds. The first kappa shape index (κ1) is 18.9. The molecule has 0 bridgehead atoms. The Morgan fingerprint density at radius 3 is 2.63 bits per heavy atom. The Labute approximate surface area is 177 Å². The van der Waals surface area contributed by atoms with E-state index in [1.807, 2.05) is 17.0 Å². The van der Waals surface area contributed by atoms with Crippen LogP contribution >= 0.6 is 11.3 Å². The number of thiazole rings is 1. The standard InChI is InChI=1S/C23H20FN3O2S/c24-17-7-5-15(6-8-17)21(28)26-23-25-20-18(9-10-19(20)30-23)22(29)27-12-11-14-3-1-2-4-16(14)13-27/h1-8,18H,9-13H2,(H,25,26,28)/t18-/m0/s1. The second kappa shape index (κ2) is 7.65. The molecular weight excluding hydrogens is 401 g/mol. The van der Waals surface area contributed by atoms with Crippen LogP contribution in [0.3, 0.4) is 0 Å². The summed E-state index contributed by atoms with van der Waals surface area (Å²) in [5, 5.41) is 3.26. The number of rotatable bonds is 3. The third-order valence-corrected chi connectivity index (χ3v) is 6.83. The maximum atomic E-state index is 13.2. The molecule has 5 rings (SSSR count). The van der Waals surface area contributed by atoms with Gasteiger partial charge in [-0.25, -0.2) is 9.37 Å². The van der Waals surface area contributed by atoms with Gasteiger partial charge >= 0.3 is 0 Å². The number of nitrogens with zero attached hydrogens (tertiary/aromatic N) is 2. The molecule has 7 heteroatoms. The molecule has 30 heavy (non-hydrogen) atoms. The molecule has 5 nitrogen and oxygen atoms in total. The first-order chi connectivity index (χ1) is 14.6. The van der Waals surface area contributed by atoms with E-state index < -0.39 is 0 Å². The molecule has 1 aliphatic carbocycles. The average molecular weight is 421 g/mol. The van der Waals surface area contributed by atoms with Crippen molar-refractivity contribution >= 4 is 28.3 Å². The maximum absolute atomic E-state index is 13.2. The molecule has 2 aromatic carbocycles. The van der Waals surface area contributed by atoms with Crippen LogP contribution in [0.25, 0.3) is 0 Å². The van der Waals surface area contributed by atoms with Crippen molar-refractivity contribution in [3.05, 3.63) is 81.6 Å². The van der Waals surface area contributed by atoms with E-state index in [2.05, 4.69) is 22.4 Å². The van der Waals surface area contributed by atoms with Crippen molar-refractivity contribution in [3.63, 3.8) is 0 Å². The van der Waals surface area contributed by atoms with Crippen molar-refractivity contribution in [1.29, 1.82) is 0 Å². The zero-order valence-corrected chi connectivity index (χ0v) is 17.0. The highest BCUT2D eigenvalue weighted by molar-refractivity contribution is 7.16. The first-order valence-corrected chi connectivity index (χ1v) is 10.8. The maximum Gasteiger partial charge on any atom is 0.257 e. The van der Waals surface area contributed by atoms with Gasteiger partial charge in [0.25, 0.3) is 5.91 Å². The molecule has 0 spiro atoms. The second-order valence-corrected chi connectivity index (χ2v) is 8.74. The summed E-state index contributed by atoms with van der Waals surface area (Å²) >= 11 is 1.42. The van der Waals surface area contributed by atoms with Gasteiger partial charge < -0.3 is 4.90 Å². The van der Waals surface area contributed by atoms with E-state index in [1.165, 1.54) is 46.7 Å². The zero-order chi connectivity index (χ0) is 20.7. The Kier molecular flexibility index (Phi) is 4.83. The molecule has 3 aromatic rings. The molecule has 0 saturated carbocycles. The summed E-state index contributed by atoms with van der Waals surface area (Å²) in [4.78, 5) is 33.2. The van der Waals surface area contributed by atoms with Crippen molar-refractivity contribution in [3.8, 4) is 0 Å². The number of amides is 2. The van der Waals surface area contributed by atoms with E-state index in [4.69, 9.17) is 0 Å². The number of anilines is 1. The van der Waals surface area contributed by atoms with E-state index in [9.17, 15) is 14.0 Å². The number of nitrogens with one attached hydrogen (secondary N) is 1. The number of halogens is 1. The fourth-order valence-electron chi connectivity index (χ4n) is 4.20. The molecule has 0 radical (unpaired) electrons. The van der Waals surface area contributed by atoms with E-state index >= 15 is 0 Å². The predicted octanol–water partition coefficient (Wildman–Crippen LogP) is 4.15. The monoisotopic (exact) mass is 421 g/mol. The molecule has 1 aliphatic heterocycles. The third kappa shape index (κ3) is 3.50. The molecule has 0 fully saturated rings. The lowest BCUT2D eigenvalue weighted by molar-refractivity contribution is -0.133. The molecule has 1 atom stereocenters. The molecular formula is C23H20FN3O2S. The van der Waals surface area contributed by atoms with Gasteiger partial charge in [-0.3, -0.25) is 14.9 Å². The Balaban J connectivity index is 1.30. The van der Waals surface area contributed by atoms with Crippen LogP contribution in [-0.2, 0) is 24.2 Å². The summed E-state index contributed by atoms with van der Waals surface area (Å²) in [5.41, 5.74) is 3.68. The lowest BCUT2D eigenvalue weighted by Gasteiger charge is -2.30. The number of hydrogen-bond acceptors (Lipinski definition) is 4. The third-order valence-electron chi connectivity index (χ3n) is 5.78. The number of carbonyl (C=O) groups is 2. The van der Waals surface area contributed by atoms with Crippen molar-refractivity contribution < 1.29 is 14.0 Å². The van der Waals surface area contributed by atoms with Crippen LogP contribution in [0.4, 0.5) is 9.52 Å². The zero-order valence-electron chi connectivity index (χ0n) is 16.2. The fourth-order valence-corrected chi connectivity index (χ4v) is 5.23. The second-order valence-electron chi connectivity index (χ2n) is 7.66. The fraction of sp³-hybridized carbons (Fsp3) is 0.261. The van der Waals surface area contributed by atoms with Gasteiger partial charge in [-0.15, -0.1) is 11.3 Å². The highest BCUT2D eigenvalue weighted by atomic mass is 32.1. The Hall–Kier alpha value is -3.06. The van der Waals surface area contributed by atoms with Crippen molar-refractivity contribution in [2.75, 3.05) is 11.9 Å². The minimum atomic E-state index is -0.388. The number of hydrogen-bond donors (Lipinski definition) is 1. The summed E-state index contributed by atoms with van der Waals surface area (Å²) in [5.74, 6) is -0.859. The van der Waals surface area contributed by atoms with Crippen LogP contribution < -0.4 is 5.32 Å². The lowest BCUT2D eigenvalue weighted by Crippen LogP contribution is -2.38. The van der Waals surface area contributed by atoms with Crippen molar-refractivity contribution in [1.82, 2.24) is 9.88 Å². The molecule has 0 unspecified atom stereocenters. The Morgan fingerprint density at radius 1 is 1.07 bits per heavy atom. The van der Waals surface area contributed by atoms with Crippen LogP contribution in [0.2, 0.25) is 0 Å². The van der Waals surface area contributed by atoms with E-state index in [1.54, 1.807) is 0 Å². The van der Waals surface area contributed by atoms with Gasteiger partial charge in [0.1, 0.15) is 5.82 Å². The van der Waals surface area contributed by atoms with Crippen molar-refractivity contribution in [2.24, 2.45) is 0 Å². The van der Waals surface area contributed by atoms with Crippen molar-refractivity contribution in [2.45, 2.75) is 31.7 Å². The van der Waals surface area contributed by atoms with Crippen LogP contribution in [0.1, 0.15) is 44.4 Å². The molecule has 2 heterocycles. The molecule has 1 aromatic heterocycles. The van der Waals surface area contributed by atoms with Crippen LogP contribution in [0, 0.1) is 5.82 Å². The van der Waals surface area contributed by atoms with Crippen LogP contribution in [-0.4, -0.2) is 28.2 Å². The largest absolute Gasteiger partial charge is 0.337 e. The summed E-state index contributed by atoms with van der Waals surface area (Å²) < 4.78 is 13.1. The highest BCUT2D eigenvalue weighted by Crippen LogP contribution is 2.40. The quantitative estimate of drug-likeness (QED) is 0.691. The topological polar surface area (TPSA) is 62.3 Å². The summed E-state index contributed by atoms with van der Waals surface area (Å²) in [6, 6.07) is 13.6. The van der Waals surface area contributed by atoms with Gasteiger partial charge in [0.05, 0.1) is 11.6 Å². The minimum absolute atomic E-state index is 0.116. The number of benzene rings is 2. The van der Waals surface area contributed by atoms with Gasteiger partial charge in [0.2, 0.25) is 5.91 Å². The first-order valence-electron chi connectivity index (χ1n) is 10.0. The molecule has 152 valence electrons. The minimum Gasteiger partial charge on any atom is -0.337 e. The number of fused-ring (bicyclic) bond motifs is 2. The summed E-state index contributed by atoms with van der Waals surface area (Å²) in [7, 11) is 0. The number of aromatic nitrogens is 1. The smallest absolute Gasteiger partial charge is 0.257 e. The average Bonchev–Trinajstić information content (AvgIpc) is 3.33. The lowest BCUT2D eigenvalue weighted by atomic mass is 9.97. The summed E-state index contributed by atoms with van der Waals surface area (Å²) in [6.07, 6.45) is 2.43. The van der Waals surface area contributed by atoms with Gasteiger partial charge in [0, 0.05) is 23.5 Å². The predicted molar refractivity (Wildman–Crippen MR) is 113 cm³/mol.